The van der Waals surface area contributed by atoms with Gasteiger partial charge >= 0.3 is 0 Å². The number of guanidine groups is 1. The third kappa shape index (κ3) is 2.34. The number of hydrogen-bond donors (Lipinski definition) is 2. The minimum Gasteiger partial charge on any atom is -0.393 e. The van der Waals surface area contributed by atoms with E-state index in [2.05, 4.69) is 9.89 Å². The van der Waals surface area contributed by atoms with Crippen LogP contribution in [0.3, 0.4) is 0 Å². The number of aliphatic hydroxyl groups excluding tert-OH is 1. The van der Waals surface area contributed by atoms with E-state index in [0.717, 1.165) is 25.9 Å². The first-order valence-electron chi connectivity index (χ1n) is 5.02. The summed E-state index contributed by atoms with van der Waals surface area (Å²) in [5.74, 6) is 0.675. The zero-order valence-corrected chi connectivity index (χ0v) is 7.82. The number of piperidine rings is 1. The van der Waals surface area contributed by atoms with E-state index in [0.29, 0.717) is 12.0 Å². The molecule has 1 saturated heterocycles. The number of likely N-dealkylation sites (tertiary alicyclic amines) is 1. The minimum atomic E-state index is -0.134. The summed E-state index contributed by atoms with van der Waals surface area (Å²) < 4.78 is 0. The van der Waals surface area contributed by atoms with Crippen LogP contribution in [-0.4, -0.2) is 41.2 Å². The fourth-order valence-corrected chi connectivity index (χ4v) is 1.57. The van der Waals surface area contributed by atoms with Crippen molar-refractivity contribution in [3.8, 4) is 0 Å². The van der Waals surface area contributed by atoms with E-state index < -0.39 is 0 Å². The van der Waals surface area contributed by atoms with Gasteiger partial charge in [-0.05, 0) is 25.7 Å². The number of nitrogens with two attached hydrogens (primary N) is 1. The second kappa shape index (κ2) is 3.54. The molecule has 4 nitrogen and oxygen atoms in total. The number of nitrogens with zero attached hydrogens (tertiary/aromatic N) is 2. The highest BCUT2D eigenvalue weighted by Gasteiger charge is 2.23. The van der Waals surface area contributed by atoms with Gasteiger partial charge in [-0.1, -0.05) is 0 Å². The van der Waals surface area contributed by atoms with Crippen LogP contribution in [0.5, 0.6) is 0 Å². The summed E-state index contributed by atoms with van der Waals surface area (Å²) >= 11 is 0. The van der Waals surface area contributed by atoms with E-state index in [9.17, 15) is 5.11 Å². The Morgan fingerprint density at radius 2 is 1.85 bits per heavy atom. The Hall–Kier alpha value is -0.770. The SMILES string of the molecule is NC(=NC1CC1)N1CCC(O)CC1. The molecule has 0 bridgehead atoms. The average Bonchev–Trinajstić information content (AvgIpc) is 2.89. The van der Waals surface area contributed by atoms with Crippen molar-refractivity contribution >= 4 is 5.96 Å². The number of rotatable bonds is 1. The molecule has 0 spiro atoms. The van der Waals surface area contributed by atoms with Crippen molar-refractivity contribution in [2.75, 3.05) is 13.1 Å². The first kappa shape index (κ1) is 8.81. The maximum Gasteiger partial charge on any atom is 0.191 e. The van der Waals surface area contributed by atoms with Gasteiger partial charge in [0.05, 0.1) is 12.1 Å². The van der Waals surface area contributed by atoms with Crippen molar-refractivity contribution in [3.63, 3.8) is 0 Å². The van der Waals surface area contributed by atoms with Crippen molar-refractivity contribution in [2.45, 2.75) is 37.8 Å². The van der Waals surface area contributed by atoms with Crippen LogP contribution in [0.1, 0.15) is 25.7 Å². The van der Waals surface area contributed by atoms with Crippen LogP contribution in [0, 0.1) is 0 Å². The van der Waals surface area contributed by atoms with Gasteiger partial charge in [-0.3, -0.25) is 0 Å². The van der Waals surface area contributed by atoms with Gasteiger partial charge in [-0.15, -0.1) is 0 Å². The van der Waals surface area contributed by atoms with Gasteiger partial charge in [-0.2, -0.15) is 0 Å². The molecule has 1 saturated carbocycles. The summed E-state index contributed by atoms with van der Waals surface area (Å²) in [6.45, 7) is 1.70. The lowest BCUT2D eigenvalue weighted by Crippen LogP contribution is -2.44. The lowest BCUT2D eigenvalue weighted by atomic mass is 10.1. The van der Waals surface area contributed by atoms with Gasteiger partial charge in [0.1, 0.15) is 0 Å². The Labute approximate surface area is 78.4 Å². The molecule has 1 aliphatic heterocycles. The summed E-state index contributed by atoms with van der Waals surface area (Å²) in [5.41, 5.74) is 5.83. The summed E-state index contributed by atoms with van der Waals surface area (Å²) in [6.07, 6.45) is 3.89. The van der Waals surface area contributed by atoms with Crippen LogP contribution in [0.25, 0.3) is 0 Å². The van der Waals surface area contributed by atoms with E-state index in [1.807, 2.05) is 0 Å². The van der Waals surface area contributed by atoms with Crippen molar-refractivity contribution < 1.29 is 5.11 Å². The second-order valence-corrected chi connectivity index (χ2v) is 3.94. The van der Waals surface area contributed by atoms with Crippen molar-refractivity contribution in [2.24, 2.45) is 10.7 Å². The molecule has 2 rings (SSSR count). The van der Waals surface area contributed by atoms with Crippen LogP contribution in [-0.2, 0) is 0 Å². The first-order chi connectivity index (χ1) is 6.25. The van der Waals surface area contributed by atoms with Gasteiger partial charge in [0.15, 0.2) is 5.96 Å². The Morgan fingerprint density at radius 3 is 2.38 bits per heavy atom. The first-order valence-corrected chi connectivity index (χ1v) is 5.02. The molecule has 0 amide bonds. The van der Waals surface area contributed by atoms with Gasteiger partial charge in [0.25, 0.3) is 0 Å². The van der Waals surface area contributed by atoms with Crippen molar-refractivity contribution in [1.29, 1.82) is 0 Å². The maximum absolute atomic E-state index is 9.30. The second-order valence-electron chi connectivity index (χ2n) is 3.94. The molecule has 1 heterocycles. The molecule has 0 atom stereocenters. The molecule has 74 valence electrons. The van der Waals surface area contributed by atoms with Crippen molar-refractivity contribution in [1.82, 2.24) is 4.90 Å². The lowest BCUT2D eigenvalue weighted by molar-refractivity contribution is 0.108. The topological polar surface area (TPSA) is 61.8 Å². The zero-order valence-electron chi connectivity index (χ0n) is 7.82. The quantitative estimate of drug-likeness (QED) is 0.441. The molecule has 4 heteroatoms. The molecule has 2 fully saturated rings. The van der Waals surface area contributed by atoms with E-state index in [1.165, 1.54) is 12.8 Å². The number of aliphatic hydroxyl groups is 1. The van der Waals surface area contributed by atoms with E-state index in [4.69, 9.17) is 5.73 Å². The molecule has 0 radical (unpaired) electrons. The molecule has 0 aromatic heterocycles. The Morgan fingerprint density at radius 1 is 1.23 bits per heavy atom. The molecule has 0 unspecified atom stereocenters. The van der Waals surface area contributed by atoms with E-state index >= 15 is 0 Å². The van der Waals surface area contributed by atoms with Gasteiger partial charge < -0.3 is 15.7 Å². The van der Waals surface area contributed by atoms with Crippen molar-refractivity contribution in [3.05, 3.63) is 0 Å². The minimum absolute atomic E-state index is 0.134. The molecular formula is C9H17N3O. The Kier molecular flexibility index (Phi) is 2.40. The maximum atomic E-state index is 9.30. The molecular weight excluding hydrogens is 166 g/mol. The highest BCUT2D eigenvalue weighted by molar-refractivity contribution is 5.78. The molecule has 1 aliphatic carbocycles. The molecule has 2 aliphatic rings. The largest absolute Gasteiger partial charge is 0.393 e. The predicted molar refractivity (Wildman–Crippen MR) is 51.5 cm³/mol. The molecule has 13 heavy (non-hydrogen) atoms. The highest BCUT2D eigenvalue weighted by atomic mass is 16.3. The van der Waals surface area contributed by atoms with Crippen LogP contribution in [0.15, 0.2) is 4.99 Å². The number of hydrogen-bond acceptors (Lipinski definition) is 2. The predicted octanol–water partition coefficient (Wildman–Crippen LogP) is -0.0798. The molecule has 0 aromatic carbocycles. The van der Waals surface area contributed by atoms with Crippen LogP contribution in [0.4, 0.5) is 0 Å². The molecule has 0 aromatic rings. The van der Waals surface area contributed by atoms with E-state index in [-0.39, 0.29) is 6.10 Å². The third-order valence-electron chi connectivity index (χ3n) is 2.65. The van der Waals surface area contributed by atoms with Gasteiger partial charge in [-0.25, -0.2) is 4.99 Å². The van der Waals surface area contributed by atoms with Crippen LogP contribution in [0.2, 0.25) is 0 Å². The Balaban J connectivity index is 1.85. The van der Waals surface area contributed by atoms with Gasteiger partial charge in [0, 0.05) is 13.1 Å². The molecule has 3 N–H and O–H groups in total. The summed E-state index contributed by atoms with van der Waals surface area (Å²) in [6, 6.07) is 0.492. The summed E-state index contributed by atoms with van der Waals surface area (Å²) in [7, 11) is 0. The monoisotopic (exact) mass is 183 g/mol. The lowest BCUT2D eigenvalue weighted by Gasteiger charge is -2.30. The fourth-order valence-electron chi connectivity index (χ4n) is 1.57. The summed E-state index contributed by atoms with van der Waals surface area (Å²) in [5, 5.41) is 9.30. The van der Waals surface area contributed by atoms with Gasteiger partial charge in [0.2, 0.25) is 0 Å². The summed E-state index contributed by atoms with van der Waals surface area (Å²) in [4.78, 5) is 6.45. The third-order valence-corrected chi connectivity index (χ3v) is 2.65. The number of aliphatic imine (C=N–C) groups is 1. The van der Waals surface area contributed by atoms with E-state index in [1.54, 1.807) is 0 Å². The Bertz CT molecular complexity index is 205. The zero-order chi connectivity index (χ0) is 9.26. The standard InChI is InChI=1S/C9H17N3O/c10-9(11-7-1-2-7)12-5-3-8(13)4-6-12/h7-8,13H,1-6H2,(H2,10,11). The fraction of sp³-hybridized carbons (Fsp3) is 0.889. The average molecular weight is 183 g/mol. The van der Waals surface area contributed by atoms with Crippen LogP contribution >= 0.6 is 0 Å². The van der Waals surface area contributed by atoms with Crippen LogP contribution < -0.4 is 5.73 Å². The smallest absolute Gasteiger partial charge is 0.191 e. The highest BCUT2D eigenvalue weighted by Crippen LogP contribution is 2.23. The normalized spacial score (nSPS) is 26.5.